The molecule has 1 fully saturated rings. The number of nitrogens with zero attached hydrogens (tertiary/aromatic N) is 1. The summed E-state index contributed by atoms with van der Waals surface area (Å²) in [5.41, 5.74) is 2.20. The molecule has 2 heteroatoms. The summed E-state index contributed by atoms with van der Waals surface area (Å²) >= 11 is 0. The van der Waals surface area contributed by atoms with Gasteiger partial charge in [-0.2, -0.15) is 5.26 Å². The van der Waals surface area contributed by atoms with E-state index in [9.17, 15) is 0 Å². The average Bonchev–Trinajstić information content (AvgIpc) is 3.16. The molecule has 2 aliphatic rings. The van der Waals surface area contributed by atoms with Crippen molar-refractivity contribution in [1.29, 1.82) is 5.26 Å². The summed E-state index contributed by atoms with van der Waals surface area (Å²) in [6, 6.07) is 10.4. The molecular formula is C20H27NO. The highest BCUT2D eigenvalue weighted by atomic mass is 16.5. The van der Waals surface area contributed by atoms with Crippen molar-refractivity contribution < 1.29 is 4.74 Å². The van der Waals surface area contributed by atoms with Crippen LogP contribution in [0.3, 0.4) is 0 Å². The Morgan fingerprint density at radius 1 is 1.14 bits per heavy atom. The maximum atomic E-state index is 8.78. The van der Waals surface area contributed by atoms with Crippen LogP contribution in [0.25, 0.3) is 0 Å². The van der Waals surface area contributed by atoms with E-state index in [0.29, 0.717) is 0 Å². The first kappa shape index (κ1) is 16.6. The minimum absolute atomic E-state index is 0.732. The number of rotatable bonds is 3. The molecule has 1 aliphatic heterocycles. The molecule has 0 unspecified atom stereocenters. The van der Waals surface area contributed by atoms with E-state index in [4.69, 9.17) is 10.00 Å². The third-order valence-electron chi connectivity index (χ3n) is 4.65. The van der Waals surface area contributed by atoms with Gasteiger partial charge in [0, 0.05) is 6.42 Å². The lowest BCUT2D eigenvalue weighted by molar-refractivity contribution is 0.281. The highest BCUT2D eigenvalue weighted by molar-refractivity contribution is 5.33. The second-order valence-electron chi connectivity index (χ2n) is 6.27. The fourth-order valence-electron chi connectivity index (χ4n) is 3.36. The van der Waals surface area contributed by atoms with Gasteiger partial charge >= 0.3 is 0 Å². The fourth-order valence-corrected chi connectivity index (χ4v) is 3.36. The first-order valence-electron chi connectivity index (χ1n) is 8.60. The minimum atomic E-state index is 0.732. The highest BCUT2D eigenvalue weighted by Gasteiger charge is 2.21. The van der Waals surface area contributed by atoms with Gasteiger partial charge < -0.3 is 4.74 Å². The van der Waals surface area contributed by atoms with Gasteiger partial charge in [-0.1, -0.05) is 31.9 Å². The summed E-state index contributed by atoms with van der Waals surface area (Å²) in [6.07, 6.45) is 13.0. The Hall–Kier alpha value is -1.75. The number of ether oxygens (including phenoxy) is 1. The van der Waals surface area contributed by atoms with Crippen LogP contribution in [0.1, 0.15) is 68.9 Å². The molecule has 0 N–H and O–H groups in total. The smallest absolute Gasteiger partial charge is 0.0991 e. The number of hydrogen-bond donors (Lipinski definition) is 0. The molecular weight excluding hydrogens is 270 g/mol. The number of benzene rings is 1. The summed E-state index contributed by atoms with van der Waals surface area (Å²) in [5, 5.41) is 8.78. The molecule has 0 spiro atoms. The van der Waals surface area contributed by atoms with Crippen LogP contribution in [-0.4, -0.2) is 6.61 Å². The molecule has 22 heavy (non-hydrogen) atoms. The Bertz CT molecular complexity index is 483. The van der Waals surface area contributed by atoms with Crippen molar-refractivity contribution in [3.8, 4) is 6.07 Å². The average molecular weight is 297 g/mol. The van der Waals surface area contributed by atoms with E-state index in [1.807, 2.05) is 18.2 Å². The van der Waals surface area contributed by atoms with Crippen molar-refractivity contribution in [2.75, 3.05) is 6.61 Å². The van der Waals surface area contributed by atoms with E-state index in [1.54, 1.807) is 6.26 Å². The molecule has 2 nitrogen and oxygen atoms in total. The molecule has 118 valence electrons. The van der Waals surface area contributed by atoms with Crippen molar-refractivity contribution in [1.82, 2.24) is 0 Å². The minimum Gasteiger partial charge on any atom is -0.501 e. The maximum Gasteiger partial charge on any atom is 0.0991 e. The largest absolute Gasteiger partial charge is 0.501 e. The molecule has 0 aromatic heterocycles. The molecule has 0 atom stereocenters. The van der Waals surface area contributed by atoms with Gasteiger partial charge in [-0.15, -0.1) is 0 Å². The van der Waals surface area contributed by atoms with Crippen LogP contribution in [0.4, 0.5) is 0 Å². The predicted molar refractivity (Wildman–Crippen MR) is 90.5 cm³/mol. The van der Waals surface area contributed by atoms with Crippen LogP contribution < -0.4 is 0 Å². The molecule has 0 amide bonds. The van der Waals surface area contributed by atoms with Crippen molar-refractivity contribution in [2.24, 2.45) is 5.92 Å². The maximum absolute atomic E-state index is 8.78. The zero-order valence-electron chi connectivity index (χ0n) is 13.6. The molecule has 0 radical (unpaired) electrons. The molecule has 1 aromatic rings. The summed E-state index contributed by atoms with van der Waals surface area (Å²) in [6.45, 7) is 3.17. The Morgan fingerprint density at radius 3 is 2.32 bits per heavy atom. The number of hydrogen-bond acceptors (Lipinski definition) is 2. The SMILES string of the molecule is C1=COCC1.CCCC1CCC(c2ccc(C#N)cc2)CC1. The van der Waals surface area contributed by atoms with Crippen LogP contribution in [0.5, 0.6) is 0 Å². The van der Waals surface area contributed by atoms with Gasteiger partial charge in [0.2, 0.25) is 0 Å². The van der Waals surface area contributed by atoms with Gasteiger partial charge in [0.25, 0.3) is 0 Å². The second kappa shape index (κ2) is 9.30. The van der Waals surface area contributed by atoms with Gasteiger partial charge in [0.05, 0.1) is 24.5 Å². The van der Waals surface area contributed by atoms with Gasteiger partial charge in [-0.3, -0.25) is 0 Å². The zero-order valence-corrected chi connectivity index (χ0v) is 13.6. The van der Waals surface area contributed by atoms with Crippen molar-refractivity contribution in [2.45, 2.75) is 57.8 Å². The van der Waals surface area contributed by atoms with E-state index < -0.39 is 0 Å². The van der Waals surface area contributed by atoms with Crippen molar-refractivity contribution >= 4 is 0 Å². The van der Waals surface area contributed by atoms with E-state index in [2.05, 4.69) is 25.1 Å². The summed E-state index contributed by atoms with van der Waals surface area (Å²) in [7, 11) is 0. The van der Waals surface area contributed by atoms with E-state index in [0.717, 1.165) is 30.4 Å². The Kier molecular flexibility index (Phi) is 7.03. The first-order chi connectivity index (χ1) is 10.8. The van der Waals surface area contributed by atoms with Crippen LogP contribution in [-0.2, 0) is 4.74 Å². The van der Waals surface area contributed by atoms with Crippen LogP contribution in [0.15, 0.2) is 36.6 Å². The normalized spacial score (nSPS) is 23.1. The fraction of sp³-hybridized carbons (Fsp3) is 0.550. The third kappa shape index (κ3) is 5.22. The summed E-state index contributed by atoms with van der Waals surface area (Å²) in [4.78, 5) is 0. The van der Waals surface area contributed by atoms with Crippen molar-refractivity contribution in [3.63, 3.8) is 0 Å². The van der Waals surface area contributed by atoms with Gasteiger partial charge in [0.15, 0.2) is 0 Å². The van der Waals surface area contributed by atoms with Crippen LogP contribution >= 0.6 is 0 Å². The Labute approximate surface area is 134 Å². The summed E-state index contributed by atoms with van der Waals surface area (Å²) < 4.78 is 4.76. The summed E-state index contributed by atoms with van der Waals surface area (Å²) in [5.74, 6) is 1.70. The number of nitriles is 1. The van der Waals surface area contributed by atoms with E-state index in [1.165, 1.54) is 44.1 Å². The third-order valence-corrected chi connectivity index (χ3v) is 4.65. The zero-order chi connectivity index (χ0) is 15.6. The van der Waals surface area contributed by atoms with Crippen LogP contribution in [0, 0.1) is 17.2 Å². The van der Waals surface area contributed by atoms with E-state index >= 15 is 0 Å². The Balaban J connectivity index is 0.000000299. The Morgan fingerprint density at radius 2 is 1.86 bits per heavy atom. The molecule has 1 aliphatic carbocycles. The van der Waals surface area contributed by atoms with Crippen LogP contribution in [0.2, 0.25) is 0 Å². The highest BCUT2D eigenvalue weighted by Crippen LogP contribution is 2.37. The molecule has 1 heterocycles. The quantitative estimate of drug-likeness (QED) is 0.732. The molecule has 1 saturated carbocycles. The monoisotopic (exact) mass is 297 g/mol. The van der Waals surface area contributed by atoms with E-state index in [-0.39, 0.29) is 0 Å². The topological polar surface area (TPSA) is 33.0 Å². The van der Waals surface area contributed by atoms with Gasteiger partial charge in [-0.05, 0) is 61.3 Å². The molecule has 0 saturated heterocycles. The lowest BCUT2D eigenvalue weighted by atomic mass is 9.77. The van der Waals surface area contributed by atoms with Crippen molar-refractivity contribution in [3.05, 3.63) is 47.7 Å². The first-order valence-corrected chi connectivity index (χ1v) is 8.60. The molecule has 3 rings (SSSR count). The molecule has 1 aromatic carbocycles. The molecule has 0 bridgehead atoms. The lowest BCUT2D eigenvalue weighted by Crippen LogP contribution is -2.13. The second-order valence-corrected chi connectivity index (χ2v) is 6.27. The van der Waals surface area contributed by atoms with Gasteiger partial charge in [-0.25, -0.2) is 0 Å². The predicted octanol–water partition coefficient (Wildman–Crippen LogP) is 5.55. The van der Waals surface area contributed by atoms with Gasteiger partial charge in [0.1, 0.15) is 0 Å². The lowest BCUT2D eigenvalue weighted by Gasteiger charge is -2.28. The standard InChI is InChI=1S/C16H21N.C4H6O/c1-2-3-13-4-8-15(9-5-13)16-10-6-14(12-17)7-11-16;1-2-4-5-3-1/h6-7,10-11,13,15H,2-5,8-9H2,1H3;1,3H,2,4H2.